The Morgan fingerprint density at radius 1 is 1.08 bits per heavy atom. The van der Waals surface area contributed by atoms with Crippen LogP contribution in [0.3, 0.4) is 0 Å². The van der Waals surface area contributed by atoms with Crippen molar-refractivity contribution in [2.75, 3.05) is 26.2 Å². The third-order valence-corrected chi connectivity index (χ3v) is 8.95. The molecule has 7 rings (SSSR count). The Labute approximate surface area is 280 Å². The average molecular weight is 671 g/mol. The third-order valence-electron chi connectivity index (χ3n) is 8.95. The quantitative estimate of drug-likeness (QED) is 0.322. The van der Waals surface area contributed by atoms with Crippen LogP contribution >= 0.6 is 0 Å². The minimum Gasteiger partial charge on any atom is -0.457 e. The van der Waals surface area contributed by atoms with Crippen LogP contribution in [0.2, 0.25) is 0 Å². The second-order valence-electron chi connectivity index (χ2n) is 12.6. The summed E-state index contributed by atoms with van der Waals surface area (Å²) >= 11 is 0. The van der Waals surface area contributed by atoms with E-state index in [1.54, 1.807) is 24.4 Å². The second kappa shape index (κ2) is 13.6. The van der Waals surface area contributed by atoms with E-state index in [9.17, 15) is 23.6 Å². The van der Waals surface area contributed by atoms with Gasteiger partial charge < -0.3 is 34.4 Å². The van der Waals surface area contributed by atoms with Gasteiger partial charge in [0.15, 0.2) is 0 Å². The van der Waals surface area contributed by atoms with E-state index >= 15 is 0 Å². The molecule has 4 amide bonds. The lowest BCUT2D eigenvalue weighted by molar-refractivity contribution is -0.123. The van der Waals surface area contributed by atoms with Crippen molar-refractivity contribution in [3.05, 3.63) is 83.0 Å². The second-order valence-corrected chi connectivity index (χ2v) is 12.6. The molecule has 0 radical (unpaired) electrons. The predicted molar refractivity (Wildman–Crippen MR) is 172 cm³/mol. The molecule has 254 valence electrons. The zero-order chi connectivity index (χ0) is 34.1. The normalized spacial score (nSPS) is 20.0. The SMILES string of the molecule is CCCN1CC(=O)N[C@@H]2CN(C(=O)c3onc4ncccc34)C[C@H]2OCc2cc(F)cc(c2)Oc2cc(C(=O)NC3CCC3)cc(c2)C1=O. The lowest BCUT2D eigenvalue weighted by Gasteiger charge is -2.27. The Morgan fingerprint density at radius 2 is 1.92 bits per heavy atom. The summed E-state index contributed by atoms with van der Waals surface area (Å²) in [6, 6.07) is 11.3. The molecular formula is C35H35FN6O7. The van der Waals surface area contributed by atoms with E-state index < -0.39 is 35.7 Å². The fourth-order valence-corrected chi connectivity index (χ4v) is 6.30. The van der Waals surface area contributed by atoms with Crippen molar-refractivity contribution >= 4 is 34.7 Å². The number of nitrogens with zero attached hydrogens (tertiary/aromatic N) is 4. The minimum absolute atomic E-state index is 0.0151. The number of carbonyl (C=O) groups excluding carboxylic acids is 4. The van der Waals surface area contributed by atoms with Gasteiger partial charge in [-0.3, -0.25) is 19.2 Å². The number of benzene rings is 2. The largest absolute Gasteiger partial charge is 0.457 e. The maximum absolute atomic E-state index is 14.9. The number of rotatable bonds is 5. The fraction of sp³-hybridized carbons (Fsp3) is 0.371. The number of aromatic nitrogens is 2. The van der Waals surface area contributed by atoms with Crippen molar-refractivity contribution in [2.45, 2.75) is 57.4 Å². The van der Waals surface area contributed by atoms with E-state index in [-0.39, 0.29) is 73.1 Å². The summed E-state index contributed by atoms with van der Waals surface area (Å²) in [6.45, 7) is 1.99. The third kappa shape index (κ3) is 6.95. The van der Waals surface area contributed by atoms with Crippen molar-refractivity contribution in [1.82, 2.24) is 30.6 Å². The van der Waals surface area contributed by atoms with E-state index in [0.717, 1.165) is 19.3 Å². The maximum atomic E-state index is 14.9. The number of hydrogen-bond acceptors (Lipinski definition) is 9. The summed E-state index contributed by atoms with van der Waals surface area (Å²) in [5, 5.41) is 10.3. The molecule has 4 heterocycles. The first kappa shape index (κ1) is 32.2. The highest BCUT2D eigenvalue weighted by atomic mass is 19.1. The molecule has 4 aromatic rings. The van der Waals surface area contributed by atoms with Crippen LogP contribution in [0.25, 0.3) is 11.0 Å². The minimum atomic E-state index is -0.680. The Morgan fingerprint density at radius 3 is 2.71 bits per heavy atom. The molecule has 14 heteroatoms. The molecule has 2 aromatic carbocycles. The van der Waals surface area contributed by atoms with Crippen LogP contribution in [0.4, 0.5) is 4.39 Å². The molecule has 0 unspecified atom stereocenters. The Balaban J connectivity index is 1.20. The highest BCUT2D eigenvalue weighted by Crippen LogP contribution is 2.29. The molecule has 49 heavy (non-hydrogen) atoms. The predicted octanol–water partition coefficient (Wildman–Crippen LogP) is 3.83. The van der Waals surface area contributed by atoms with E-state index in [1.807, 2.05) is 6.92 Å². The van der Waals surface area contributed by atoms with Crippen LogP contribution in [0, 0.1) is 5.82 Å². The molecule has 1 saturated carbocycles. The summed E-state index contributed by atoms with van der Waals surface area (Å²) in [6.07, 6.45) is 4.22. The number of pyridine rings is 1. The number of fused-ring (bicyclic) bond motifs is 6. The topological polar surface area (TPSA) is 156 Å². The van der Waals surface area contributed by atoms with E-state index in [4.69, 9.17) is 14.0 Å². The van der Waals surface area contributed by atoms with Crippen LogP contribution < -0.4 is 15.4 Å². The van der Waals surface area contributed by atoms with Gasteiger partial charge in [-0.25, -0.2) is 9.37 Å². The van der Waals surface area contributed by atoms with Crippen molar-refractivity contribution in [1.29, 1.82) is 0 Å². The molecule has 4 bridgehead atoms. The lowest BCUT2D eigenvalue weighted by Crippen LogP contribution is -2.49. The molecule has 2 atom stereocenters. The van der Waals surface area contributed by atoms with Gasteiger partial charge in [0.2, 0.25) is 17.3 Å². The van der Waals surface area contributed by atoms with Crippen molar-refractivity contribution in [3.8, 4) is 11.5 Å². The number of amides is 4. The zero-order valence-electron chi connectivity index (χ0n) is 26.8. The van der Waals surface area contributed by atoms with E-state index in [2.05, 4.69) is 20.8 Å². The Bertz CT molecular complexity index is 1930. The molecule has 3 aliphatic rings. The standard InChI is InChI=1S/C35H35FN6O7/c1-2-9-41-18-30(43)39-28-16-42(35(46)31-27-7-4-8-37-32(27)40-49-31)17-29(28)47-19-20-10-23(36)15-25(11-20)48-26-13-21(12-22(14-26)34(41)45)33(44)38-24-5-3-6-24/h4,7-8,10-15,24,28-29H,2-3,5-6,9,16-19H2,1H3,(H,38,44)(H,39,43)/t28-,29-/m1/s1. The van der Waals surface area contributed by atoms with Gasteiger partial charge in [-0.1, -0.05) is 12.1 Å². The Kier molecular flexibility index (Phi) is 8.95. The number of likely N-dealkylation sites (tertiary alicyclic amines) is 1. The first-order chi connectivity index (χ1) is 23.7. The fourth-order valence-electron chi connectivity index (χ4n) is 6.30. The van der Waals surface area contributed by atoms with Gasteiger partial charge in [0.05, 0.1) is 30.7 Å². The summed E-state index contributed by atoms with van der Waals surface area (Å²) in [5.41, 5.74) is 1.09. The summed E-state index contributed by atoms with van der Waals surface area (Å²) in [5.74, 6) is -2.00. The van der Waals surface area contributed by atoms with Crippen LogP contribution in [0.1, 0.15) is 69.4 Å². The number of nitrogens with one attached hydrogen (secondary N) is 2. The smallest absolute Gasteiger partial charge is 0.293 e. The molecule has 13 nitrogen and oxygen atoms in total. The van der Waals surface area contributed by atoms with Crippen molar-refractivity contribution < 1.29 is 37.6 Å². The van der Waals surface area contributed by atoms with Crippen LogP contribution in [-0.2, 0) is 16.1 Å². The maximum Gasteiger partial charge on any atom is 0.293 e. The van der Waals surface area contributed by atoms with Gasteiger partial charge >= 0.3 is 0 Å². The Hall–Kier alpha value is -5.37. The van der Waals surface area contributed by atoms with Gasteiger partial charge in [0.25, 0.3) is 17.7 Å². The summed E-state index contributed by atoms with van der Waals surface area (Å²) < 4.78 is 32.5. The first-order valence-electron chi connectivity index (χ1n) is 16.4. The molecule has 2 aromatic heterocycles. The molecule has 2 aliphatic heterocycles. The molecule has 1 saturated heterocycles. The van der Waals surface area contributed by atoms with Crippen LogP contribution in [0.5, 0.6) is 11.5 Å². The van der Waals surface area contributed by atoms with Gasteiger partial charge in [0.1, 0.15) is 17.3 Å². The molecule has 0 spiro atoms. The first-order valence-corrected chi connectivity index (χ1v) is 16.4. The number of halogens is 1. The molecule has 2 fully saturated rings. The van der Waals surface area contributed by atoms with E-state index in [0.29, 0.717) is 23.0 Å². The molecule has 1 aliphatic carbocycles. The number of ether oxygens (including phenoxy) is 2. The van der Waals surface area contributed by atoms with Crippen molar-refractivity contribution in [2.24, 2.45) is 0 Å². The molecule has 2 N–H and O–H groups in total. The lowest BCUT2D eigenvalue weighted by atomic mass is 9.93. The van der Waals surface area contributed by atoms with Crippen LogP contribution in [0.15, 0.2) is 59.3 Å². The molecular weight excluding hydrogens is 635 g/mol. The van der Waals surface area contributed by atoms with Gasteiger partial charge in [-0.2, -0.15) is 0 Å². The van der Waals surface area contributed by atoms with Gasteiger partial charge in [0, 0.05) is 49.1 Å². The average Bonchev–Trinajstić information content (AvgIpc) is 3.68. The highest BCUT2D eigenvalue weighted by molar-refractivity contribution is 6.03. The highest BCUT2D eigenvalue weighted by Gasteiger charge is 2.39. The number of carbonyl (C=O) groups is 4. The summed E-state index contributed by atoms with van der Waals surface area (Å²) in [7, 11) is 0. The number of hydrogen-bond donors (Lipinski definition) is 2. The van der Waals surface area contributed by atoms with Crippen molar-refractivity contribution in [3.63, 3.8) is 0 Å². The monoisotopic (exact) mass is 670 g/mol. The van der Waals surface area contributed by atoms with E-state index in [1.165, 1.54) is 40.1 Å². The van der Waals surface area contributed by atoms with Gasteiger partial charge in [-0.15, -0.1) is 0 Å². The summed E-state index contributed by atoms with van der Waals surface area (Å²) in [4.78, 5) is 61.3. The van der Waals surface area contributed by atoms with Crippen LogP contribution in [-0.4, -0.2) is 87.9 Å². The zero-order valence-corrected chi connectivity index (χ0v) is 26.8. The van der Waals surface area contributed by atoms with Gasteiger partial charge in [-0.05, 0) is 73.7 Å².